The van der Waals surface area contributed by atoms with Crippen LogP contribution in [-0.4, -0.2) is 37.2 Å². The summed E-state index contributed by atoms with van der Waals surface area (Å²) in [4.78, 5) is 38.1. The Morgan fingerprint density at radius 2 is 0.542 bits per heavy atom. The predicted octanol–water partition coefficient (Wildman–Crippen LogP) is 20.3. The molecule has 410 valence electrons. The van der Waals surface area contributed by atoms with Crippen molar-refractivity contribution >= 4 is 17.9 Å². The molecule has 72 heavy (non-hydrogen) atoms. The topological polar surface area (TPSA) is 78.9 Å². The maximum Gasteiger partial charge on any atom is 0.306 e. The number of rotatable bonds is 53. The van der Waals surface area contributed by atoms with Gasteiger partial charge in [0.15, 0.2) is 6.10 Å². The molecule has 0 aliphatic carbocycles. The number of ether oxygens (including phenoxy) is 3. The number of hydrogen-bond acceptors (Lipinski definition) is 6. The summed E-state index contributed by atoms with van der Waals surface area (Å²) in [5, 5.41) is 0. The molecule has 0 bridgehead atoms. The third kappa shape index (κ3) is 57.0. The van der Waals surface area contributed by atoms with Crippen molar-refractivity contribution in [3.8, 4) is 0 Å². The summed E-state index contributed by atoms with van der Waals surface area (Å²) >= 11 is 0. The molecule has 0 saturated carbocycles. The molecular weight excluding hydrogens is 889 g/mol. The van der Waals surface area contributed by atoms with Gasteiger partial charge in [-0.15, -0.1) is 0 Å². The Hall–Kier alpha value is -3.93. The fourth-order valence-corrected chi connectivity index (χ4v) is 8.11. The Kier molecular flexibility index (Phi) is 56.4. The maximum atomic E-state index is 12.8. The van der Waals surface area contributed by atoms with Gasteiger partial charge >= 0.3 is 17.9 Å². The van der Waals surface area contributed by atoms with Gasteiger partial charge in [-0.3, -0.25) is 14.4 Å². The van der Waals surface area contributed by atoms with Gasteiger partial charge in [-0.2, -0.15) is 0 Å². The van der Waals surface area contributed by atoms with E-state index in [9.17, 15) is 14.4 Å². The van der Waals surface area contributed by atoms with Gasteiger partial charge in [-0.05, 0) is 103 Å². The molecule has 0 heterocycles. The molecule has 0 rings (SSSR count). The van der Waals surface area contributed by atoms with Crippen LogP contribution in [0.25, 0.3) is 0 Å². The van der Waals surface area contributed by atoms with Gasteiger partial charge in [0.2, 0.25) is 0 Å². The van der Waals surface area contributed by atoms with Crippen LogP contribution in [0, 0.1) is 0 Å². The van der Waals surface area contributed by atoms with Gasteiger partial charge in [-0.25, -0.2) is 0 Å². The Morgan fingerprint density at radius 3 is 0.847 bits per heavy atom. The Balaban J connectivity index is 4.28. The highest BCUT2D eigenvalue weighted by atomic mass is 16.6. The van der Waals surface area contributed by atoms with Gasteiger partial charge in [0.1, 0.15) is 13.2 Å². The summed E-state index contributed by atoms with van der Waals surface area (Å²) in [6.45, 7) is 6.38. The van der Waals surface area contributed by atoms with Crippen molar-refractivity contribution in [1.29, 1.82) is 0 Å². The van der Waals surface area contributed by atoms with Gasteiger partial charge in [-0.1, -0.05) is 259 Å². The molecular formula is C66H110O6. The van der Waals surface area contributed by atoms with Crippen molar-refractivity contribution < 1.29 is 28.6 Å². The molecule has 0 saturated heterocycles. The molecule has 0 aromatic carbocycles. The van der Waals surface area contributed by atoms with Crippen molar-refractivity contribution in [2.45, 2.75) is 277 Å². The van der Waals surface area contributed by atoms with Gasteiger partial charge in [0.25, 0.3) is 0 Å². The summed E-state index contributed by atoms with van der Waals surface area (Å²) in [5.41, 5.74) is 0. The minimum Gasteiger partial charge on any atom is -0.462 e. The van der Waals surface area contributed by atoms with Crippen molar-refractivity contribution in [2.24, 2.45) is 0 Å². The average molecular weight is 1000 g/mol. The van der Waals surface area contributed by atoms with E-state index in [0.29, 0.717) is 19.3 Å². The summed E-state index contributed by atoms with van der Waals surface area (Å²) in [6.07, 6.45) is 80.9. The van der Waals surface area contributed by atoms with Crippen LogP contribution in [0.4, 0.5) is 0 Å². The third-order valence-corrected chi connectivity index (χ3v) is 12.5. The first-order valence-electron chi connectivity index (χ1n) is 29.9. The fourth-order valence-electron chi connectivity index (χ4n) is 8.11. The molecule has 0 fully saturated rings. The molecule has 0 N–H and O–H groups in total. The third-order valence-electron chi connectivity index (χ3n) is 12.5. The Labute approximate surface area is 444 Å². The zero-order valence-corrected chi connectivity index (χ0v) is 46.9. The van der Waals surface area contributed by atoms with Crippen molar-refractivity contribution in [3.05, 3.63) is 109 Å². The van der Waals surface area contributed by atoms with E-state index in [0.717, 1.165) is 128 Å². The van der Waals surface area contributed by atoms with Crippen LogP contribution in [0.15, 0.2) is 109 Å². The van der Waals surface area contributed by atoms with E-state index in [-0.39, 0.29) is 31.1 Å². The second kappa shape index (κ2) is 59.6. The predicted molar refractivity (Wildman–Crippen MR) is 311 cm³/mol. The monoisotopic (exact) mass is 999 g/mol. The molecule has 1 atom stereocenters. The van der Waals surface area contributed by atoms with Crippen LogP contribution in [0.1, 0.15) is 271 Å². The van der Waals surface area contributed by atoms with Crippen LogP contribution in [-0.2, 0) is 28.6 Å². The Bertz CT molecular complexity index is 1470. The fraction of sp³-hybridized carbons (Fsp3) is 0.682. The van der Waals surface area contributed by atoms with E-state index in [1.54, 1.807) is 0 Å². The van der Waals surface area contributed by atoms with Crippen LogP contribution < -0.4 is 0 Å². The number of unbranched alkanes of at least 4 members (excludes halogenated alkanes) is 24. The first kappa shape index (κ1) is 68.1. The van der Waals surface area contributed by atoms with Crippen LogP contribution >= 0.6 is 0 Å². The second-order valence-electron chi connectivity index (χ2n) is 19.5. The van der Waals surface area contributed by atoms with E-state index < -0.39 is 6.10 Å². The highest BCUT2D eigenvalue weighted by Crippen LogP contribution is 2.15. The highest BCUT2D eigenvalue weighted by Gasteiger charge is 2.19. The lowest BCUT2D eigenvalue weighted by Crippen LogP contribution is -2.30. The molecule has 0 aromatic heterocycles. The van der Waals surface area contributed by atoms with Gasteiger partial charge in [0.05, 0.1) is 0 Å². The first-order chi connectivity index (χ1) is 35.5. The Morgan fingerprint density at radius 1 is 0.292 bits per heavy atom. The average Bonchev–Trinajstić information content (AvgIpc) is 3.38. The van der Waals surface area contributed by atoms with Crippen molar-refractivity contribution in [2.75, 3.05) is 13.2 Å². The lowest BCUT2D eigenvalue weighted by molar-refractivity contribution is -0.167. The summed E-state index contributed by atoms with van der Waals surface area (Å²) in [7, 11) is 0. The minimum atomic E-state index is -0.792. The van der Waals surface area contributed by atoms with E-state index in [1.165, 1.54) is 103 Å². The van der Waals surface area contributed by atoms with E-state index in [4.69, 9.17) is 14.2 Å². The molecule has 0 aliphatic rings. The molecule has 0 aromatic rings. The smallest absolute Gasteiger partial charge is 0.306 e. The number of hydrogen-bond donors (Lipinski definition) is 0. The largest absolute Gasteiger partial charge is 0.462 e. The summed E-state index contributed by atoms with van der Waals surface area (Å²) in [5.74, 6) is -0.913. The molecule has 0 amide bonds. The SMILES string of the molecule is CC/C=C\C/C=C\C/C=C\C/C=C\C/C=C\CCCCCCCCCCCCCC(=O)OCC(COC(=O)CCCCCCCCCCCC)OC(=O)CCCCCC/C=C\C/C=C\C/C=C\C/C=C\CC. The zero-order chi connectivity index (χ0) is 52.2. The molecule has 6 nitrogen and oxygen atoms in total. The number of carbonyl (C=O) groups is 3. The van der Waals surface area contributed by atoms with Gasteiger partial charge < -0.3 is 14.2 Å². The number of esters is 3. The quantitative estimate of drug-likeness (QED) is 0.0261. The standard InChI is InChI=1S/C66H110O6/c1-4-7-10-13-16-19-22-24-26-28-29-30-31-32-33-34-35-36-37-39-40-42-44-47-50-53-56-59-65(68)71-62-63(61-70-64(67)58-55-52-49-46-21-18-15-12-9-6-3)72-66(69)60-57-54-51-48-45-43-41-38-27-25-23-20-17-14-11-8-5-2/h7-8,10-11,16-17,19-20,24-27,29-30,32-33,41,43,63H,4-6,9,12-15,18,21-23,28,31,34-40,42,44-62H2,1-3H3/b10-7-,11-8-,19-16-,20-17-,26-24-,27-25-,30-29-,33-32-,43-41-. The zero-order valence-electron chi connectivity index (χ0n) is 46.9. The minimum absolute atomic E-state index is 0.0877. The van der Waals surface area contributed by atoms with Crippen molar-refractivity contribution in [3.63, 3.8) is 0 Å². The maximum absolute atomic E-state index is 12.8. The lowest BCUT2D eigenvalue weighted by atomic mass is 10.0. The van der Waals surface area contributed by atoms with E-state index in [1.807, 2.05) is 0 Å². The first-order valence-corrected chi connectivity index (χ1v) is 29.9. The van der Waals surface area contributed by atoms with E-state index >= 15 is 0 Å². The highest BCUT2D eigenvalue weighted by molar-refractivity contribution is 5.71. The van der Waals surface area contributed by atoms with Crippen molar-refractivity contribution in [1.82, 2.24) is 0 Å². The summed E-state index contributed by atoms with van der Waals surface area (Å²) in [6, 6.07) is 0. The van der Waals surface area contributed by atoms with Crippen LogP contribution in [0.5, 0.6) is 0 Å². The van der Waals surface area contributed by atoms with Crippen LogP contribution in [0.2, 0.25) is 0 Å². The number of carbonyl (C=O) groups excluding carboxylic acids is 3. The molecule has 6 heteroatoms. The normalized spacial score (nSPS) is 12.9. The molecule has 1 unspecified atom stereocenters. The van der Waals surface area contributed by atoms with Gasteiger partial charge in [0, 0.05) is 19.3 Å². The lowest BCUT2D eigenvalue weighted by Gasteiger charge is -2.18. The summed E-state index contributed by atoms with van der Waals surface area (Å²) < 4.78 is 16.8. The second-order valence-corrected chi connectivity index (χ2v) is 19.5. The van der Waals surface area contributed by atoms with E-state index in [2.05, 4.69) is 130 Å². The molecule has 0 aliphatic heterocycles. The number of allylic oxidation sites excluding steroid dienone is 18. The van der Waals surface area contributed by atoms with Crippen LogP contribution in [0.3, 0.4) is 0 Å². The molecule has 0 radical (unpaired) electrons. The molecule has 0 spiro atoms.